The zero-order chi connectivity index (χ0) is 11.6. The standard InChI is InChI=1S/C5HCl4F5/c6-2(11)1(10)3(7,12)5(9,14)4(2,8)13/h1H/t1?,2-,3+,4-,5+. The molecule has 1 aliphatic rings. The fraction of sp³-hybridized carbons (Fsp3) is 1.00. The van der Waals surface area contributed by atoms with Gasteiger partial charge in [-0.1, -0.05) is 46.4 Å². The van der Waals surface area contributed by atoms with E-state index in [1.54, 1.807) is 0 Å². The van der Waals surface area contributed by atoms with E-state index in [-0.39, 0.29) is 0 Å². The van der Waals surface area contributed by atoms with Crippen molar-refractivity contribution in [2.45, 2.75) is 26.7 Å². The van der Waals surface area contributed by atoms with Crippen molar-refractivity contribution in [2.75, 3.05) is 0 Å². The molecule has 0 bridgehead atoms. The average molecular weight is 298 g/mol. The summed E-state index contributed by atoms with van der Waals surface area (Å²) in [5.41, 5.74) is 0. The van der Waals surface area contributed by atoms with E-state index in [1.165, 1.54) is 0 Å². The predicted octanol–water partition coefficient (Wildman–Crippen LogP) is 3.96. The number of hydrogen-bond donors (Lipinski definition) is 0. The van der Waals surface area contributed by atoms with Gasteiger partial charge in [0.25, 0.3) is 20.5 Å². The normalized spacial score (nSPS) is 64.5. The van der Waals surface area contributed by atoms with Crippen LogP contribution in [0.4, 0.5) is 22.0 Å². The van der Waals surface area contributed by atoms with Crippen LogP contribution in [0.25, 0.3) is 0 Å². The molecule has 1 unspecified atom stereocenters. The maximum Gasteiger partial charge on any atom is 0.286 e. The molecule has 0 saturated heterocycles. The van der Waals surface area contributed by atoms with Gasteiger partial charge in [-0.05, 0) is 0 Å². The number of halogens is 9. The lowest BCUT2D eigenvalue weighted by Crippen LogP contribution is -2.48. The van der Waals surface area contributed by atoms with Crippen LogP contribution in [0.1, 0.15) is 0 Å². The highest BCUT2D eigenvalue weighted by atomic mass is 35.5. The molecule has 1 saturated carbocycles. The van der Waals surface area contributed by atoms with Crippen LogP contribution in [-0.4, -0.2) is 26.7 Å². The molecule has 84 valence electrons. The summed E-state index contributed by atoms with van der Waals surface area (Å²) < 4.78 is 65.0. The van der Waals surface area contributed by atoms with E-state index in [9.17, 15) is 22.0 Å². The Morgan fingerprint density at radius 3 is 1.00 bits per heavy atom. The van der Waals surface area contributed by atoms with E-state index in [1.807, 2.05) is 0 Å². The summed E-state index contributed by atoms with van der Waals surface area (Å²) in [5, 5.41) is -17.0. The highest BCUT2D eigenvalue weighted by Gasteiger charge is 2.88. The van der Waals surface area contributed by atoms with Crippen LogP contribution in [-0.2, 0) is 0 Å². The highest BCUT2D eigenvalue weighted by molar-refractivity contribution is 6.44. The van der Waals surface area contributed by atoms with Crippen molar-refractivity contribution < 1.29 is 22.0 Å². The third-order valence-electron chi connectivity index (χ3n) is 1.87. The first kappa shape index (κ1) is 12.9. The van der Waals surface area contributed by atoms with Gasteiger partial charge in [0.05, 0.1) is 0 Å². The summed E-state index contributed by atoms with van der Waals surface area (Å²) in [6, 6.07) is 0. The first-order valence-electron chi connectivity index (χ1n) is 3.06. The lowest BCUT2D eigenvalue weighted by molar-refractivity contribution is 0.0223. The number of alkyl halides is 9. The van der Waals surface area contributed by atoms with Crippen LogP contribution in [0.3, 0.4) is 0 Å². The van der Waals surface area contributed by atoms with Gasteiger partial charge in [0, 0.05) is 0 Å². The van der Waals surface area contributed by atoms with Crippen LogP contribution < -0.4 is 0 Å². The molecule has 0 aromatic heterocycles. The summed E-state index contributed by atoms with van der Waals surface area (Å²) in [7, 11) is 0. The molecule has 0 aromatic carbocycles. The number of rotatable bonds is 0. The molecule has 1 aliphatic carbocycles. The zero-order valence-corrected chi connectivity index (χ0v) is 9.00. The molecular formula is C5HCl4F5. The van der Waals surface area contributed by atoms with Crippen molar-refractivity contribution >= 4 is 46.4 Å². The van der Waals surface area contributed by atoms with Crippen LogP contribution in [0, 0.1) is 0 Å². The zero-order valence-electron chi connectivity index (χ0n) is 5.98. The molecule has 0 nitrogen and oxygen atoms in total. The smallest absolute Gasteiger partial charge is 0.237 e. The average Bonchev–Trinajstić information content (AvgIpc) is 2.05. The SMILES string of the molecule is FC1[C@](F)(Cl)[C@](F)(Cl)[C@](F)(Cl)[C@]1(F)Cl. The van der Waals surface area contributed by atoms with Crippen molar-refractivity contribution in [3.8, 4) is 0 Å². The quantitative estimate of drug-likeness (QED) is 0.469. The van der Waals surface area contributed by atoms with Gasteiger partial charge in [0.15, 0.2) is 0 Å². The third kappa shape index (κ3) is 1.13. The van der Waals surface area contributed by atoms with E-state index in [0.717, 1.165) is 0 Å². The Labute approximate surface area is 95.2 Å². The van der Waals surface area contributed by atoms with Crippen LogP contribution in [0.2, 0.25) is 0 Å². The van der Waals surface area contributed by atoms with E-state index in [4.69, 9.17) is 0 Å². The van der Waals surface area contributed by atoms with Gasteiger partial charge in [-0.25, -0.2) is 22.0 Å². The second-order valence-corrected chi connectivity index (χ2v) is 4.90. The Kier molecular flexibility index (Phi) is 2.70. The molecule has 1 rings (SSSR count). The van der Waals surface area contributed by atoms with Gasteiger partial charge in [-0.3, -0.25) is 0 Å². The summed E-state index contributed by atoms with van der Waals surface area (Å²) >= 11 is 18.3. The van der Waals surface area contributed by atoms with Crippen LogP contribution in [0.5, 0.6) is 0 Å². The Bertz CT molecular complexity index is 237. The summed E-state index contributed by atoms with van der Waals surface area (Å²) in [6.45, 7) is 0. The minimum Gasteiger partial charge on any atom is -0.237 e. The fourth-order valence-electron chi connectivity index (χ4n) is 0.965. The maximum absolute atomic E-state index is 13.1. The summed E-state index contributed by atoms with van der Waals surface area (Å²) in [4.78, 5) is 0. The van der Waals surface area contributed by atoms with Gasteiger partial charge in [-0.15, -0.1) is 0 Å². The molecule has 9 heteroatoms. The molecule has 0 aromatic rings. The first-order valence-corrected chi connectivity index (χ1v) is 4.57. The molecule has 0 radical (unpaired) electrons. The fourth-order valence-corrected chi connectivity index (χ4v) is 2.14. The molecule has 0 amide bonds. The van der Waals surface area contributed by atoms with Gasteiger partial charge >= 0.3 is 0 Å². The second-order valence-electron chi connectivity index (χ2n) is 2.76. The topological polar surface area (TPSA) is 0 Å². The lowest BCUT2D eigenvalue weighted by atomic mass is 10.2. The molecular weight excluding hydrogens is 297 g/mol. The predicted molar refractivity (Wildman–Crippen MR) is 43.7 cm³/mol. The van der Waals surface area contributed by atoms with Crippen molar-refractivity contribution in [3.05, 3.63) is 0 Å². The second kappa shape index (κ2) is 2.93. The highest BCUT2D eigenvalue weighted by Crippen LogP contribution is 2.67. The van der Waals surface area contributed by atoms with Crippen molar-refractivity contribution in [2.24, 2.45) is 0 Å². The molecule has 14 heavy (non-hydrogen) atoms. The monoisotopic (exact) mass is 296 g/mol. The minimum absolute atomic E-state index is 3.55. The molecule has 0 heterocycles. The van der Waals surface area contributed by atoms with Crippen molar-refractivity contribution in [1.29, 1.82) is 0 Å². The maximum atomic E-state index is 13.1. The van der Waals surface area contributed by atoms with Crippen LogP contribution >= 0.6 is 46.4 Å². The van der Waals surface area contributed by atoms with E-state index in [2.05, 4.69) is 46.4 Å². The Morgan fingerprint density at radius 2 is 0.929 bits per heavy atom. The van der Waals surface area contributed by atoms with E-state index in [0.29, 0.717) is 0 Å². The Balaban J connectivity index is 3.38. The Hall–Kier alpha value is 0.810. The van der Waals surface area contributed by atoms with E-state index >= 15 is 0 Å². The molecule has 5 atom stereocenters. The van der Waals surface area contributed by atoms with E-state index < -0.39 is 26.7 Å². The molecule has 0 aliphatic heterocycles. The summed E-state index contributed by atoms with van der Waals surface area (Å²) in [6.07, 6.45) is -3.55. The Morgan fingerprint density at radius 1 is 0.714 bits per heavy atom. The molecule has 0 spiro atoms. The summed E-state index contributed by atoms with van der Waals surface area (Å²) in [5.74, 6) is 0. The first-order chi connectivity index (χ1) is 5.90. The van der Waals surface area contributed by atoms with Gasteiger partial charge in [0.2, 0.25) is 6.17 Å². The largest absolute Gasteiger partial charge is 0.286 e. The van der Waals surface area contributed by atoms with Crippen LogP contribution in [0.15, 0.2) is 0 Å². The van der Waals surface area contributed by atoms with Crippen molar-refractivity contribution in [1.82, 2.24) is 0 Å². The van der Waals surface area contributed by atoms with Gasteiger partial charge < -0.3 is 0 Å². The van der Waals surface area contributed by atoms with Crippen molar-refractivity contribution in [3.63, 3.8) is 0 Å². The molecule has 1 fully saturated rings. The lowest BCUT2D eigenvalue weighted by Gasteiger charge is -2.27. The van der Waals surface area contributed by atoms with Gasteiger partial charge in [0.1, 0.15) is 0 Å². The minimum atomic E-state index is -4.32. The molecule has 0 N–H and O–H groups in total. The third-order valence-corrected chi connectivity index (χ3v) is 4.13. The number of hydrogen-bond acceptors (Lipinski definition) is 0. The van der Waals surface area contributed by atoms with Gasteiger partial charge in [-0.2, -0.15) is 0 Å².